The Labute approximate surface area is 150 Å². The summed E-state index contributed by atoms with van der Waals surface area (Å²) in [7, 11) is 0. The molecular weight excluding hydrogens is 344 g/mol. The van der Waals surface area contributed by atoms with Crippen LogP contribution in [-0.4, -0.2) is 63.1 Å². The Kier molecular flexibility index (Phi) is 7.06. The number of aliphatic hydroxyl groups excluding tert-OH is 2. The van der Waals surface area contributed by atoms with Crippen molar-refractivity contribution in [2.45, 2.75) is 49.8 Å². The zero-order valence-electron chi connectivity index (χ0n) is 14.3. The minimum atomic E-state index is -1.23. The maximum Gasteiger partial charge on any atom is 0.351 e. The lowest BCUT2D eigenvalue weighted by molar-refractivity contribution is -0.124. The van der Waals surface area contributed by atoms with Gasteiger partial charge in [-0.2, -0.15) is 4.98 Å². The smallest absolute Gasteiger partial charge is 0.351 e. The topological polar surface area (TPSA) is 192 Å². The van der Waals surface area contributed by atoms with Gasteiger partial charge in [0.25, 0.3) is 0 Å². The van der Waals surface area contributed by atoms with E-state index in [-0.39, 0.29) is 5.82 Å². The lowest BCUT2D eigenvalue weighted by atomic mass is 10.1. The quantitative estimate of drug-likeness (QED) is 0.259. The van der Waals surface area contributed by atoms with Gasteiger partial charge >= 0.3 is 5.69 Å². The monoisotopic (exact) mass is 370 g/mol. The molecule has 2 rings (SSSR count). The van der Waals surface area contributed by atoms with Crippen molar-refractivity contribution in [3.8, 4) is 0 Å². The lowest BCUT2D eigenvalue weighted by Crippen LogP contribution is -2.52. The minimum absolute atomic E-state index is 0.0333. The number of aliphatic hydroxyl groups is 2. The molecule has 1 aromatic rings. The summed E-state index contributed by atoms with van der Waals surface area (Å²) >= 11 is 0. The van der Waals surface area contributed by atoms with Gasteiger partial charge in [-0.25, -0.2) is 4.79 Å². The highest BCUT2D eigenvalue weighted by Crippen LogP contribution is 2.28. The first-order valence-corrected chi connectivity index (χ1v) is 8.44. The molecule has 1 amide bonds. The molecule has 1 fully saturated rings. The molecule has 9 N–H and O–H groups in total. The maximum absolute atomic E-state index is 12.3. The molecular formula is C15H26N6O5. The number of amides is 1. The van der Waals surface area contributed by atoms with Gasteiger partial charge in [0.2, 0.25) is 5.91 Å². The third-order valence-electron chi connectivity index (χ3n) is 4.29. The summed E-state index contributed by atoms with van der Waals surface area (Å²) in [6.45, 7) is 0.0283. The summed E-state index contributed by atoms with van der Waals surface area (Å²) in [6.07, 6.45) is -0.0240. The van der Waals surface area contributed by atoms with Crippen LogP contribution >= 0.6 is 0 Å². The molecule has 26 heavy (non-hydrogen) atoms. The van der Waals surface area contributed by atoms with Crippen molar-refractivity contribution in [2.24, 2.45) is 11.5 Å². The molecule has 0 saturated carbocycles. The van der Waals surface area contributed by atoms with Crippen LogP contribution in [-0.2, 0) is 9.53 Å². The third-order valence-corrected chi connectivity index (χ3v) is 4.29. The number of nitrogen functional groups attached to an aromatic ring is 1. The van der Waals surface area contributed by atoms with E-state index in [9.17, 15) is 19.8 Å². The molecule has 0 bridgehead atoms. The van der Waals surface area contributed by atoms with Gasteiger partial charge in [0.05, 0.1) is 12.6 Å². The van der Waals surface area contributed by atoms with E-state index in [1.165, 1.54) is 12.3 Å². The van der Waals surface area contributed by atoms with Crippen LogP contribution in [0.5, 0.6) is 0 Å². The van der Waals surface area contributed by atoms with Crippen LogP contribution in [0.2, 0.25) is 0 Å². The van der Waals surface area contributed by atoms with Gasteiger partial charge in [-0.1, -0.05) is 6.42 Å². The van der Waals surface area contributed by atoms with Crippen molar-refractivity contribution < 1.29 is 19.7 Å². The van der Waals surface area contributed by atoms with E-state index in [4.69, 9.17) is 21.9 Å². The molecule has 5 atom stereocenters. The largest absolute Gasteiger partial charge is 0.394 e. The van der Waals surface area contributed by atoms with Gasteiger partial charge in [-0.3, -0.25) is 9.36 Å². The molecule has 0 aromatic carbocycles. The number of carbonyl (C=O) groups is 1. The SMILES string of the molecule is NCCCCC(N)C(=O)NC1C(O)C(CO)OC1n1ccc(N)nc1=O. The Morgan fingerprint density at radius 1 is 1.46 bits per heavy atom. The number of nitrogens with zero attached hydrogens (tertiary/aromatic N) is 2. The number of rotatable bonds is 8. The Hall–Kier alpha value is -2.05. The van der Waals surface area contributed by atoms with E-state index in [0.717, 1.165) is 11.0 Å². The van der Waals surface area contributed by atoms with Crippen LogP contribution in [0.25, 0.3) is 0 Å². The Balaban J connectivity index is 2.16. The number of hydrogen-bond donors (Lipinski definition) is 6. The van der Waals surface area contributed by atoms with E-state index < -0.39 is 48.7 Å². The van der Waals surface area contributed by atoms with Gasteiger partial charge in [0, 0.05) is 6.20 Å². The van der Waals surface area contributed by atoms with Crippen molar-refractivity contribution in [3.63, 3.8) is 0 Å². The second kappa shape index (κ2) is 9.05. The molecule has 0 spiro atoms. The molecule has 11 heteroatoms. The number of nitrogens with two attached hydrogens (primary N) is 3. The van der Waals surface area contributed by atoms with Gasteiger partial charge in [-0.15, -0.1) is 0 Å². The molecule has 0 radical (unpaired) electrons. The maximum atomic E-state index is 12.3. The molecule has 1 aliphatic rings. The molecule has 146 valence electrons. The van der Waals surface area contributed by atoms with Gasteiger partial charge in [-0.05, 0) is 25.5 Å². The normalized spacial score (nSPS) is 26.6. The zero-order chi connectivity index (χ0) is 19.3. The number of unbranched alkanes of at least 4 members (excludes halogenated alkanes) is 1. The van der Waals surface area contributed by atoms with Gasteiger partial charge in [0.1, 0.15) is 24.1 Å². The van der Waals surface area contributed by atoms with Crippen LogP contribution in [0.15, 0.2) is 17.1 Å². The Morgan fingerprint density at radius 3 is 2.81 bits per heavy atom. The average molecular weight is 370 g/mol. The molecule has 2 heterocycles. The summed E-state index contributed by atoms with van der Waals surface area (Å²) in [5.41, 5.74) is 16.0. The first-order valence-electron chi connectivity index (χ1n) is 8.44. The molecule has 1 aliphatic heterocycles. The van der Waals surface area contributed by atoms with Gasteiger partial charge < -0.3 is 37.5 Å². The molecule has 1 aromatic heterocycles. The van der Waals surface area contributed by atoms with Gasteiger partial charge in [0.15, 0.2) is 6.23 Å². The number of ether oxygens (including phenoxy) is 1. The minimum Gasteiger partial charge on any atom is -0.394 e. The summed E-state index contributed by atoms with van der Waals surface area (Å²) in [5, 5.41) is 22.3. The van der Waals surface area contributed by atoms with E-state index >= 15 is 0 Å². The van der Waals surface area contributed by atoms with E-state index in [1.807, 2.05) is 0 Å². The number of carbonyl (C=O) groups excluding carboxylic acids is 1. The predicted molar refractivity (Wildman–Crippen MR) is 92.7 cm³/mol. The fourth-order valence-corrected chi connectivity index (χ4v) is 2.82. The van der Waals surface area contributed by atoms with Crippen molar-refractivity contribution in [3.05, 3.63) is 22.7 Å². The van der Waals surface area contributed by atoms with Crippen molar-refractivity contribution in [1.82, 2.24) is 14.9 Å². The lowest BCUT2D eigenvalue weighted by Gasteiger charge is -2.24. The second-order valence-electron chi connectivity index (χ2n) is 6.21. The third kappa shape index (κ3) is 4.56. The summed E-state index contributed by atoms with van der Waals surface area (Å²) < 4.78 is 6.63. The number of hydrogen-bond acceptors (Lipinski definition) is 9. The van der Waals surface area contributed by atoms with Crippen molar-refractivity contribution in [1.29, 1.82) is 0 Å². The first-order chi connectivity index (χ1) is 12.4. The van der Waals surface area contributed by atoms with Crippen molar-refractivity contribution in [2.75, 3.05) is 18.9 Å². The highest BCUT2D eigenvalue weighted by molar-refractivity contribution is 5.81. The van der Waals surface area contributed by atoms with Crippen LogP contribution in [0.1, 0.15) is 25.5 Å². The molecule has 0 aliphatic carbocycles. The van der Waals surface area contributed by atoms with Crippen LogP contribution < -0.4 is 28.2 Å². The van der Waals surface area contributed by atoms with Crippen LogP contribution in [0.3, 0.4) is 0 Å². The molecule has 11 nitrogen and oxygen atoms in total. The number of nitrogens with one attached hydrogen (secondary N) is 1. The predicted octanol–water partition coefficient (Wildman–Crippen LogP) is -2.98. The summed E-state index contributed by atoms with van der Waals surface area (Å²) in [6, 6.07) is -0.381. The average Bonchev–Trinajstić information content (AvgIpc) is 2.91. The summed E-state index contributed by atoms with van der Waals surface area (Å²) in [4.78, 5) is 28.0. The fourth-order valence-electron chi connectivity index (χ4n) is 2.82. The van der Waals surface area contributed by atoms with Crippen LogP contribution in [0, 0.1) is 0 Å². The number of anilines is 1. The Morgan fingerprint density at radius 2 is 2.19 bits per heavy atom. The second-order valence-corrected chi connectivity index (χ2v) is 6.21. The van der Waals surface area contributed by atoms with E-state index in [0.29, 0.717) is 19.4 Å². The Bertz CT molecular complexity index is 668. The molecule has 5 unspecified atom stereocenters. The summed E-state index contributed by atoms with van der Waals surface area (Å²) in [5.74, 6) is -0.458. The van der Waals surface area contributed by atoms with E-state index in [2.05, 4.69) is 10.3 Å². The van der Waals surface area contributed by atoms with E-state index in [1.54, 1.807) is 0 Å². The highest BCUT2D eigenvalue weighted by atomic mass is 16.5. The number of aromatic nitrogens is 2. The van der Waals surface area contributed by atoms with Crippen molar-refractivity contribution >= 4 is 11.7 Å². The van der Waals surface area contributed by atoms with Crippen LogP contribution in [0.4, 0.5) is 5.82 Å². The fraction of sp³-hybridized carbons (Fsp3) is 0.667. The molecule has 1 saturated heterocycles. The zero-order valence-corrected chi connectivity index (χ0v) is 14.3. The standard InChI is InChI=1S/C15H26N6O5/c16-5-2-1-3-8(17)13(24)20-11-12(23)9(7-22)26-14(11)21-6-4-10(18)19-15(21)25/h4,6,8-9,11-12,14,22-23H,1-3,5,7,16-17H2,(H,20,24)(H2,18,19,25). The first kappa shape index (κ1) is 20.3. The highest BCUT2D eigenvalue weighted by Gasteiger charge is 2.45.